The molecule has 0 bridgehead atoms. The van der Waals surface area contributed by atoms with Crippen molar-refractivity contribution >= 4 is 27.5 Å². The summed E-state index contributed by atoms with van der Waals surface area (Å²) in [4.78, 5) is 20.0. The lowest BCUT2D eigenvalue weighted by Crippen LogP contribution is -2.54. The molecule has 1 aromatic carbocycles. The molecule has 1 aliphatic carbocycles. The van der Waals surface area contributed by atoms with E-state index in [4.69, 9.17) is 9.47 Å². The number of thiazole rings is 1. The van der Waals surface area contributed by atoms with E-state index in [9.17, 15) is 9.90 Å². The number of rotatable bonds is 9. The molecule has 3 heterocycles. The number of aryl methyl sites for hydroxylation is 1. The van der Waals surface area contributed by atoms with E-state index in [1.807, 2.05) is 18.2 Å². The van der Waals surface area contributed by atoms with Gasteiger partial charge in [0.05, 0.1) is 52.8 Å². The molecule has 1 amide bonds. The number of ether oxygens (including phenoxy) is 2. The van der Waals surface area contributed by atoms with Gasteiger partial charge in [-0.15, -0.1) is 11.3 Å². The minimum Gasteiger partial charge on any atom is -0.391 e. The first-order chi connectivity index (χ1) is 16.7. The van der Waals surface area contributed by atoms with E-state index < -0.39 is 6.10 Å². The van der Waals surface area contributed by atoms with Crippen LogP contribution in [0.3, 0.4) is 0 Å². The highest BCUT2D eigenvalue weighted by atomic mass is 32.1. The summed E-state index contributed by atoms with van der Waals surface area (Å²) in [6, 6.07) is 7.91. The molecule has 34 heavy (non-hydrogen) atoms. The Labute approximate surface area is 205 Å². The first kappa shape index (κ1) is 24.1. The number of carbonyl (C=O) groups is 1. The Bertz CT molecular complexity index is 914. The zero-order chi connectivity index (χ0) is 23.3. The van der Waals surface area contributed by atoms with Crippen molar-refractivity contribution in [3.8, 4) is 0 Å². The summed E-state index contributed by atoms with van der Waals surface area (Å²) in [5, 5.41) is 15.7. The van der Waals surface area contributed by atoms with Crippen molar-refractivity contribution in [2.45, 2.75) is 75.7 Å². The molecule has 1 saturated carbocycles. The molecular formula is C26H37N3O4S. The van der Waals surface area contributed by atoms with E-state index >= 15 is 0 Å². The highest BCUT2D eigenvalue weighted by Gasteiger charge is 2.39. The summed E-state index contributed by atoms with van der Waals surface area (Å²) in [5.41, 5.74) is 1.03. The molecule has 2 aromatic rings. The van der Waals surface area contributed by atoms with Crippen molar-refractivity contribution in [2.75, 3.05) is 32.8 Å². The van der Waals surface area contributed by atoms with Crippen LogP contribution in [0.1, 0.15) is 50.0 Å². The number of para-hydroxylation sites is 1. The van der Waals surface area contributed by atoms with Crippen LogP contribution in [-0.4, -0.2) is 78.1 Å². The minimum absolute atomic E-state index is 0.0234. The number of aliphatic hydroxyl groups excluding tert-OH is 1. The Morgan fingerprint density at radius 2 is 1.97 bits per heavy atom. The fraction of sp³-hybridized carbons (Fsp3) is 0.692. The number of aliphatic hydroxyl groups is 1. The van der Waals surface area contributed by atoms with Crippen LogP contribution in [0.4, 0.5) is 0 Å². The number of amides is 1. The number of nitrogens with zero attached hydrogens (tertiary/aromatic N) is 2. The van der Waals surface area contributed by atoms with Crippen LogP contribution in [0.15, 0.2) is 24.3 Å². The van der Waals surface area contributed by atoms with Gasteiger partial charge in [-0.1, -0.05) is 12.1 Å². The summed E-state index contributed by atoms with van der Waals surface area (Å²) in [7, 11) is 0. The van der Waals surface area contributed by atoms with Crippen molar-refractivity contribution < 1.29 is 19.4 Å². The Morgan fingerprint density at radius 1 is 1.18 bits per heavy atom. The van der Waals surface area contributed by atoms with Gasteiger partial charge in [0.15, 0.2) is 0 Å². The number of carbonyl (C=O) groups excluding carboxylic acids is 1. The Kier molecular flexibility index (Phi) is 8.12. The lowest BCUT2D eigenvalue weighted by Gasteiger charge is -2.42. The minimum atomic E-state index is -0.569. The molecule has 7 nitrogen and oxygen atoms in total. The van der Waals surface area contributed by atoms with E-state index in [-0.39, 0.29) is 30.1 Å². The number of fused-ring (bicyclic) bond motifs is 2. The quantitative estimate of drug-likeness (QED) is 0.565. The fourth-order valence-electron chi connectivity index (χ4n) is 5.72. The van der Waals surface area contributed by atoms with Crippen LogP contribution in [0.2, 0.25) is 0 Å². The average Bonchev–Trinajstić information content (AvgIpc) is 3.52. The van der Waals surface area contributed by atoms with Crippen LogP contribution in [-0.2, 0) is 20.7 Å². The number of likely N-dealkylation sites (tertiary alicyclic amines) is 1. The van der Waals surface area contributed by atoms with Gasteiger partial charge in [0.1, 0.15) is 0 Å². The summed E-state index contributed by atoms with van der Waals surface area (Å²) in [6.07, 6.45) is 6.68. The zero-order valence-corrected chi connectivity index (χ0v) is 20.7. The van der Waals surface area contributed by atoms with Crippen molar-refractivity contribution in [2.24, 2.45) is 5.92 Å². The Balaban J connectivity index is 1.15. The first-order valence-electron chi connectivity index (χ1n) is 12.9. The van der Waals surface area contributed by atoms with Gasteiger partial charge < -0.3 is 24.8 Å². The molecule has 3 aliphatic rings. The van der Waals surface area contributed by atoms with Gasteiger partial charge in [0, 0.05) is 13.0 Å². The number of aromatic nitrogens is 1. The van der Waals surface area contributed by atoms with Crippen molar-refractivity contribution in [1.82, 2.24) is 15.2 Å². The highest BCUT2D eigenvalue weighted by Crippen LogP contribution is 2.33. The van der Waals surface area contributed by atoms with Gasteiger partial charge >= 0.3 is 0 Å². The van der Waals surface area contributed by atoms with E-state index in [2.05, 4.69) is 21.3 Å². The normalized spacial score (nSPS) is 27.4. The van der Waals surface area contributed by atoms with E-state index in [1.54, 1.807) is 11.3 Å². The highest BCUT2D eigenvalue weighted by molar-refractivity contribution is 7.18. The second-order valence-corrected chi connectivity index (χ2v) is 11.1. The maximum absolute atomic E-state index is 12.9. The zero-order valence-electron chi connectivity index (χ0n) is 19.9. The van der Waals surface area contributed by atoms with Gasteiger partial charge in [-0.3, -0.25) is 4.79 Å². The third-order valence-electron chi connectivity index (χ3n) is 7.55. The van der Waals surface area contributed by atoms with Crippen LogP contribution in [0.25, 0.3) is 10.2 Å². The molecule has 5 atom stereocenters. The smallest absolute Gasteiger partial charge is 0.220 e. The fourth-order valence-corrected chi connectivity index (χ4v) is 6.73. The molecule has 3 fully saturated rings. The van der Waals surface area contributed by atoms with Crippen molar-refractivity contribution in [1.29, 1.82) is 0 Å². The van der Waals surface area contributed by atoms with Gasteiger partial charge in [-0.25, -0.2) is 4.98 Å². The van der Waals surface area contributed by atoms with Gasteiger partial charge in [-0.2, -0.15) is 0 Å². The first-order valence-corrected chi connectivity index (χ1v) is 13.7. The molecule has 2 saturated heterocycles. The molecule has 3 unspecified atom stereocenters. The third-order valence-corrected chi connectivity index (χ3v) is 8.64. The third kappa shape index (κ3) is 5.97. The van der Waals surface area contributed by atoms with E-state index in [0.29, 0.717) is 26.2 Å². The number of hydrogen-bond donors (Lipinski definition) is 2. The second kappa shape index (κ2) is 11.4. The predicted molar refractivity (Wildman–Crippen MR) is 133 cm³/mol. The standard InChI is InChI=1S/C26H37N3O4S/c30-24(8-5-9-25-28-19-6-1-2-7-23(19)34-25)27-20(17-29-12-3-4-13-29)26(31)18-10-11-21-22(16-18)33-15-14-32-21/h1-2,6-7,18,20-22,26,31H,3-5,8-17H2,(H,27,30)/t18?,20-,21?,22?,26-/m1/s1. The molecule has 186 valence electrons. The molecule has 1 aromatic heterocycles. The molecule has 0 spiro atoms. The summed E-state index contributed by atoms with van der Waals surface area (Å²) in [6.45, 7) is 4.10. The van der Waals surface area contributed by atoms with Crippen LogP contribution in [0, 0.1) is 5.92 Å². The number of benzene rings is 1. The molecule has 0 radical (unpaired) electrons. The Morgan fingerprint density at radius 3 is 2.79 bits per heavy atom. The van der Waals surface area contributed by atoms with Crippen molar-refractivity contribution in [3.63, 3.8) is 0 Å². The lowest BCUT2D eigenvalue weighted by atomic mass is 9.79. The number of nitrogens with one attached hydrogen (secondary N) is 1. The molecule has 8 heteroatoms. The summed E-state index contributed by atoms with van der Waals surface area (Å²) >= 11 is 1.71. The molecule has 5 rings (SSSR count). The van der Waals surface area contributed by atoms with Gasteiger partial charge in [-0.05, 0) is 76.1 Å². The van der Waals surface area contributed by atoms with E-state index in [0.717, 1.165) is 55.7 Å². The van der Waals surface area contributed by atoms with E-state index in [1.165, 1.54) is 17.5 Å². The Hall–Kier alpha value is -1.58. The number of hydrogen-bond acceptors (Lipinski definition) is 7. The van der Waals surface area contributed by atoms with Gasteiger partial charge in [0.2, 0.25) is 5.91 Å². The van der Waals surface area contributed by atoms with Crippen LogP contribution < -0.4 is 5.32 Å². The molecule has 2 aliphatic heterocycles. The topological polar surface area (TPSA) is 83.9 Å². The largest absolute Gasteiger partial charge is 0.391 e. The second-order valence-electron chi connectivity index (χ2n) is 9.99. The van der Waals surface area contributed by atoms with Gasteiger partial charge in [0.25, 0.3) is 0 Å². The summed E-state index contributed by atoms with van der Waals surface area (Å²) < 4.78 is 13.0. The predicted octanol–water partition coefficient (Wildman–Crippen LogP) is 3.14. The molecular weight excluding hydrogens is 450 g/mol. The van der Waals surface area contributed by atoms with Crippen molar-refractivity contribution in [3.05, 3.63) is 29.3 Å². The molecule has 2 N–H and O–H groups in total. The summed E-state index contributed by atoms with van der Waals surface area (Å²) in [5.74, 6) is 0.147. The maximum Gasteiger partial charge on any atom is 0.220 e. The van der Waals surface area contributed by atoms with Crippen LogP contribution >= 0.6 is 11.3 Å². The SMILES string of the molecule is O=C(CCCc1nc2ccccc2s1)N[C@H](CN1CCCC1)[C@H](O)C1CCC2OCCOC2C1. The lowest BCUT2D eigenvalue weighted by molar-refractivity contribution is -0.169. The monoisotopic (exact) mass is 487 g/mol. The average molecular weight is 488 g/mol. The maximum atomic E-state index is 12.9. The van der Waals surface area contributed by atoms with Crippen LogP contribution in [0.5, 0.6) is 0 Å².